The Morgan fingerprint density at radius 1 is 1.39 bits per heavy atom. The Morgan fingerprint density at radius 2 is 2.18 bits per heavy atom. The van der Waals surface area contributed by atoms with Crippen LogP contribution >= 0.6 is 38.9 Å². The SMILES string of the molecule is Cc1c(Cl)cccc1N1C(N)=C(C#N)[C@@H](c2cc(Br)cs2)C2=C1CCCC2=O. The van der Waals surface area contributed by atoms with Crippen molar-refractivity contribution >= 4 is 50.3 Å². The number of thiophene rings is 1. The van der Waals surface area contributed by atoms with Gasteiger partial charge in [-0.1, -0.05) is 17.7 Å². The van der Waals surface area contributed by atoms with Gasteiger partial charge in [-0.3, -0.25) is 9.69 Å². The standard InChI is InChI=1S/C21H17BrClN3OS/c1-11-14(23)4-2-5-15(11)26-16-6-3-7-17(27)20(16)19(13(9-24)21(26)25)18-8-12(22)10-28-18/h2,4-5,8,10,19H,3,6-7,25H2,1H3/t19-/m0/s1. The van der Waals surface area contributed by atoms with Gasteiger partial charge in [0.2, 0.25) is 0 Å². The predicted molar refractivity (Wildman–Crippen MR) is 116 cm³/mol. The Labute approximate surface area is 181 Å². The lowest BCUT2D eigenvalue weighted by molar-refractivity contribution is -0.116. The van der Waals surface area contributed by atoms with Crippen molar-refractivity contribution in [2.24, 2.45) is 5.73 Å². The third-order valence-electron chi connectivity index (χ3n) is 5.27. The van der Waals surface area contributed by atoms with Gasteiger partial charge in [-0.15, -0.1) is 11.3 Å². The Bertz CT molecular complexity index is 1100. The first-order valence-electron chi connectivity index (χ1n) is 8.89. The molecule has 4 nitrogen and oxygen atoms in total. The number of rotatable bonds is 2. The van der Waals surface area contributed by atoms with Crippen molar-refractivity contribution in [1.82, 2.24) is 0 Å². The monoisotopic (exact) mass is 473 g/mol. The highest BCUT2D eigenvalue weighted by molar-refractivity contribution is 9.10. The number of Topliss-reactive ketones (excluding diaryl/α,β-unsaturated/α-hetero) is 1. The number of halogens is 2. The number of anilines is 1. The van der Waals surface area contributed by atoms with Gasteiger partial charge >= 0.3 is 0 Å². The summed E-state index contributed by atoms with van der Waals surface area (Å²) in [5.74, 6) is 0.0383. The van der Waals surface area contributed by atoms with E-state index in [-0.39, 0.29) is 5.78 Å². The number of hydrogen-bond donors (Lipinski definition) is 1. The number of benzene rings is 1. The average molecular weight is 475 g/mol. The molecule has 0 bridgehead atoms. The van der Waals surface area contributed by atoms with Crippen LogP contribution in [0.3, 0.4) is 0 Å². The van der Waals surface area contributed by atoms with E-state index in [2.05, 4.69) is 22.0 Å². The number of carbonyl (C=O) groups excluding carboxylic acids is 1. The molecule has 0 saturated heterocycles. The predicted octanol–water partition coefficient (Wildman–Crippen LogP) is 5.78. The number of allylic oxidation sites excluding steroid dienone is 3. The normalized spacial score (nSPS) is 19.7. The van der Waals surface area contributed by atoms with Crippen LogP contribution < -0.4 is 10.6 Å². The highest BCUT2D eigenvalue weighted by atomic mass is 79.9. The molecule has 1 aromatic carbocycles. The maximum Gasteiger partial charge on any atom is 0.161 e. The van der Waals surface area contributed by atoms with E-state index < -0.39 is 5.92 Å². The molecule has 1 aromatic heterocycles. The van der Waals surface area contributed by atoms with E-state index in [1.54, 1.807) is 0 Å². The van der Waals surface area contributed by atoms with Gasteiger partial charge in [-0.25, -0.2) is 0 Å². The summed E-state index contributed by atoms with van der Waals surface area (Å²) in [4.78, 5) is 15.8. The Hall–Kier alpha value is -2.07. The van der Waals surface area contributed by atoms with Gasteiger partial charge in [-0.05, 0) is 59.5 Å². The van der Waals surface area contributed by atoms with Crippen LogP contribution in [0.4, 0.5) is 5.69 Å². The van der Waals surface area contributed by atoms with Crippen molar-refractivity contribution < 1.29 is 4.79 Å². The fourth-order valence-electron chi connectivity index (χ4n) is 3.96. The van der Waals surface area contributed by atoms with E-state index in [1.165, 1.54) is 11.3 Å². The number of hydrogen-bond acceptors (Lipinski definition) is 5. The minimum Gasteiger partial charge on any atom is -0.384 e. The summed E-state index contributed by atoms with van der Waals surface area (Å²) in [6.07, 6.45) is 1.99. The van der Waals surface area contributed by atoms with E-state index >= 15 is 0 Å². The van der Waals surface area contributed by atoms with Crippen LogP contribution in [0.1, 0.15) is 35.6 Å². The van der Waals surface area contributed by atoms with Crippen molar-refractivity contribution in [2.45, 2.75) is 32.1 Å². The van der Waals surface area contributed by atoms with Crippen LogP contribution in [0.15, 0.2) is 56.8 Å². The van der Waals surface area contributed by atoms with E-state index in [4.69, 9.17) is 17.3 Å². The minimum absolute atomic E-state index is 0.0840. The maximum atomic E-state index is 13.0. The largest absolute Gasteiger partial charge is 0.384 e. The van der Waals surface area contributed by atoms with Gasteiger partial charge in [0.25, 0.3) is 0 Å². The molecule has 2 heterocycles. The molecule has 0 fully saturated rings. The number of nitrogens with zero attached hydrogens (tertiary/aromatic N) is 2. The minimum atomic E-state index is -0.417. The average Bonchev–Trinajstić information content (AvgIpc) is 3.10. The molecular weight excluding hydrogens is 458 g/mol. The summed E-state index contributed by atoms with van der Waals surface area (Å²) in [6.45, 7) is 1.92. The third-order valence-corrected chi connectivity index (χ3v) is 7.43. The van der Waals surface area contributed by atoms with E-state index in [1.807, 2.05) is 41.5 Å². The molecule has 2 aromatic rings. The van der Waals surface area contributed by atoms with Crippen molar-refractivity contribution in [3.8, 4) is 6.07 Å². The second-order valence-corrected chi connectivity index (χ2v) is 9.13. The van der Waals surface area contributed by atoms with E-state index in [0.29, 0.717) is 28.4 Å². The fraction of sp³-hybridized carbons (Fsp3) is 0.238. The lowest BCUT2D eigenvalue weighted by atomic mass is 9.78. The highest BCUT2D eigenvalue weighted by Crippen LogP contribution is 2.48. The first-order valence-corrected chi connectivity index (χ1v) is 10.9. The van der Waals surface area contributed by atoms with Gasteiger partial charge in [0, 0.05) is 37.4 Å². The molecule has 2 N–H and O–H groups in total. The van der Waals surface area contributed by atoms with Crippen LogP contribution in [-0.4, -0.2) is 5.78 Å². The van der Waals surface area contributed by atoms with Gasteiger partial charge < -0.3 is 5.73 Å². The topological polar surface area (TPSA) is 70.1 Å². The molecular formula is C21H17BrClN3OS. The number of ketones is 1. The van der Waals surface area contributed by atoms with E-state index in [0.717, 1.165) is 39.1 Å². The summed E-state index contributed by atoms with van der Waals surface area (Å²) < 4.78 is 0.932. The van der Waals surface area contributed by atoms with Crippen LogP contribution in [0.25, 0.3) is 0 Å². The van der Waals surface area contributed by atoms with Crippen molar-refractivity contribution in [1.29, 1.82) is 5.26 Å². The number of nitriles is 1. The lowest BCUT2D eigenvalue weighted by Gasteiger charge is -2.40. The van der Waals surface area contributed by atoms with Crippen molar-refractivity contribution in [3.63, 3.8) is 0 Å². The molecule has 0 amide bonds. The first kappa shape index (κ1) is 19.3. The molecule has 4 rings (SSSR count). The van der Waals surface area contributed by atoms with E-state index in [9.17, 15) is 10.1 Å². The molecule has 2 aliphatic rings. The van der Waals surface area contributed by atoms with Crippen LogP contribution in [0.5, 0.6) is 0 Å². The zero-order chi connectivity index (χ0) is 20.0. The van der Waals surface area contributed by atoms with Crippen molar-refractivity contribution in [2.75, 3.05) is 4.90 Å². The molecule has 142 valence electrons. The third kappa shape index (κ3) is 2.98. The second kappa shape index (κ2) is 7.40. The summed E-state index contributed by atoms with van der Waals surface area (Å²) in [6, 6.07) is 9.85. The summed E-state index contributed by atoms with van der Waals surface area (Å²) >= 11 is 11.4. The molecule has 1 aliphatic heterocycles. The molecule has 28 heavy (non-hydrogen) atoms. The Kier molecular flexibility index (Phi) is 5.09. The number of nitrogens with two attached hydrogens (primary N) is 1. The molecule has 0 radical (unpaired) electrons. The molecule has 0 unspecified atom stereocenters. The zero-order valence-electron chi connectivity index (χ0n) is 15.1. The van der Waals surface area contributed by atoms with Gasteiger partial charge in [0.1, 0.15) is 5.82 Å². The summed E-state index contributed by atoms with van der Waals surface area (Å²) in [5, 5.41) is 12.6. The smallest absolute Gasteiger partial charge is 0.161 e. The van der Waals surface area contributed by atoms with Gasteiger partial charge in [0.05, 0.1) is 23.2 Å². The number of carbonyl (C=O) groups is 1. The zero-order valence-corrected chi connectivity index (χ0v) is 18.3. The summed E-state index contributed by atoms with van der Waals surface area (Å²) in [7, 11) is 0. The second-order valence-electron chi connectivity index (χ2n) is 6.87. The fourth-order valence-corrected chi connectivity index (χ4v) is 5.70. The molecule has 0 saturated carbocycles. The summed E-state index contributed by atoms with van der Waals surface area (Å²) in [5.41, 5.74) is 10.2. The molecule has 1 aliphatic carbocycles. The quantitative estimate of drug-likeness (QED) is 0.599. The van der Waals surface area contributed by atoms with Crippen LogP contribution in [0, 0.1) is 18.3 Å². The molecule has 0 spiro atoms. The van der Waals surface area contributed by atoms with Crippen molar-refractivity contribution in [3.05, 3.63) is 72.2 Å². The Morgan fingerprint density at radius 3 is 2.86 bits per heavy atom. The lowest BCUT2D eigenvalue weighted by Crippen LogP contribution is -2.38. The van der Waals surface area contributed by atoms with Gasteiger partial charge in [0.15, 0.2) is 5.78 Å². The first-order chi connectivity index (χ1) is 13.4. The van der Waals surface area contributed by atoms with Crippen LogP contribution in [-0.2, 0) is 4.79 Å². The van der Waals surface area contributed by atoms with Gasteiger partial charge in [-0.2, -0.15) is 5.26 Å². The highest BCUT2D eigenvalue weighted by Gasteiger charge is 2.41. The Balaban J connectivity index is 2.00. The maximum absolute atomic E-state index is 13.0. The molecule has 1 atom stereocenters. The molecule has 7 heteroatoms. The van der Waals surface area contributed by atoms with Crippen LogP contribution in [0.2, 0.25) is 5.02 Å².